The van der Waals surface area contributed by atoms with Gasteiger partial charge >= 0.3 is 0 Å². The van der Waals surface area contributed by atoms with Gasteiger partial charge in [-0.05, 0) is 74.7 Å². The first-order valence-electron chi connectivity index (χ1n) is 16.4. The van der Waals surface area contributed by atoms with E-state index in [4.69, 9.17) is 21.1 Å². The van der Waals surface area contributed by atoms with E-state index in [0.29, 0.717) is 67.7 Å². The highest BCUT2D eigenvalue weighted by Gasteiger charge is 2.75. The Bertz CT molecular complexity index is 1510. The van der Waals surface area contributed by atoms with Crippen molar-refractivity contribution < 1.29 is 29.0 Å². The number of unbranched alkanes of at least 4 members (excludes halogenated alkanes) is 3. The summed E-state index contributed by atoms with van der Waals surface area (Å²) in [4.78, 5) is 49.2. The van der Waals surface area contributed by atoms with Gasteiger partial charge in [0.15, 0.2) is 0 Å². The Morgan fingerprint density at radius 3 is 2.11 bits per heavy atom. The quantitative estimate of drug-likeness (QED) is 0.267. The molecule has 1 unspecified atom stereocenters. The summed E-state index contributed by atoms with van der Waals surface area (Å²) >= 11 is 6.17. The lowest BCUT2D eigenvalue weighted by Crippen LogP contribution is -2.56. The van der Waals surface area contributed by atoms with Gasteiger partial charge in [-0.3, -0.25) is 14.4 Å². The summed E-state index contributed by atoms with van der Waals surface area (Å²) in [6, 6.07) is 13.5. The maximum Gasteiger partial charge on any atom is 0.253 e. The van der Waals surface area contributed by atoms with Gasteiger partial charge in [-0.1, -0.05) is 55.7 Å². The van der Waals surface area contributed by atoms with Gasteiger partial charge < -0.3 is 29.3 Å². The van der Waals surface area contributed by atoms with Gasteiger partial charge in [0.1, 0.15) is 17.4 Å². The first-order chi connectivity index (χ1) is 22.3. The first-order valence-corrected chi connectivity index (χ1v) is 16.8. The number of halogens is 1. The number of likely N-dealkylation sites (tertiary alicyclic amines) is 1. The number of amides is 3. The molecule has 4 heterocycles. The molecule has 5 atom stereocenters. The number of carbonyl (C=O) groups excluding carboxylic acids is 3. The molecule has 0 bridgehead atoms. The fourth-order valence-electron chi connectivity index (χ4n) is 7.72. The molecular weight excluding hydrogens is 606 g/mol. The highest BCUT2D eigenvalue weighted by atomic mass is 35.5. The van der Waals surface area contributed by atoms with Gasteiger partial charge in [0, 0.05) is 42.6 Å². The smallest absolute Gasteiger partial charge is 0.253 e. The molecule has 2 fully saturated rings. The van der Waals surface area contributed by atoms with Gasteiger partial charge in [0.2, 0.25) is 11.8 Å². The van der Waals surface area contributed by atoms with E-state index in [1.807, 2.05) is 62.4 Å². The molecule has 0 aliphatic carbocycles. The van der Waals surface area contributed by atoms with Gasteiger partial charge in [0.25, 0.3) is 5.91 Å². The summed E-state index contributed by atoms with van der Waals surface area (Å²) in [5.41, 5.74) is -1.02. The van der Waals surface area contributed by atoms with Crippen LogP contribution < -0.4 is 14.5 Å². The number of fused-ring (bicyclic) bond motifs is 2. The van der Waals surface area contributed by atoms with Crippen molar-refractivity contribution in [3.8, 4) is 5.75 Å². The van der Waals surface area contributed by atoms with Crippen LogP contribution in [0.1, 0.15) is 46.0 Å². The average molecular weight is 648 g/mol. The molecule has 2 saturated heterocycles. The maximum absolute atomic E-state index is 14.7. The van der Waals surface area contributed by atoms with Crippen LogP contribution in [0.25, 0.3) is 0 Å². The average Bonchev–Trinajstić information content (AvgIpc) is 3.34. The second kappa shape index (κ2) is 13.2. The molecule has 244 valence electrons. The van der Waals surface area contributed by atoms with Crippen LogP contribution in [0.3, 0.4) is 0 Å². The summed E-state index contributed by atoms with van der Waals surface area (Å²) in [6.45, 7) is 5.51. The third-order valence-electron chi connectivity index (χ3n) is 9.84. The predicted octanol–water partition coefficient (Wildman–Crippen LogP) is 5.16. The molecule has 1 N–H and O–H groups in total. The third kappa shape index (κ3) is 5.42. The Morgan fingerprint density at radius 1 is 0.826 bits per heavy atom. The molecule has 9 nitrogen and oxygen atoms in total. The molecule has 46 heavy (non-hydrogen) atoms. The highest BCUT2D eigenvalue weighted by Crippen LogP contribution is 2.59. The minimum atomic E-state index is -1.33. The van der Waals surface area contributed by atoms with Crippen LogP contribution in [-0.2, 0) is 19.1 Å². The second-order valence-electron chi connectivity index (χ2n) is 12.4. The molecule has 0 aromatic heterocycles. The lowest BCUT2D eigenvalue weighted by molar-refractivity contribution is -0.145. The van der Waals surface area contributed by atoms with E-state index in [-0.39, 0.29) is 24.3 Å². The SMILES string of the molecule is CCOc1ccc(N2CC=C[C@]3(CC)O[C@]45C=CCN(c6ccc(Cl)cc6)C(=O)C4N(CCCCCCO)C(=O)[C@@H]5[C@@H]3C2=O)cc1. The third-order valence-corrected chi connectivity index (χ3v) is 10.1. The largest absolute Gasteiger partial charge is 0.494 e. The van der Waals surface area contributed by atoms with Crippen molar-refractivity contribution in [1.82, 2.24) is 4.90 Å². The van der Waals surface area contributed by atoms with Crippen molar-refractivity contribution in [2.45, 2.75) is 63.2 Å². The molecule has 2 aromatic rings. The number of hydrogen-bond donors (Lipinski definition) is 1. The van der Waals surface area contributed by atoms with Crippen molar-refractivity contribution in [2.24, 2.45) is 11.8 Å². The molecular formula is C36H42ClN3O6. The number of anilines is 2. The zero-order valence-corrected chi connectivity index (χ0v) is 27.2. The highest BCUT2D eigenvalue weighted by molar-refractivity contribution is 6.30. The minimum absolute atomic E-state index is 0.116. The van der Waals surface area contributed by atoms with E-state index in [1.54, 1.807) is 39.0 Å². The van der Waals surface area contributed by atoms with E-state index < -0.39 is 29.1 Å². The summed E-state index contributed by atoms with van der Waals surface area (Å²) in [6.07, 6.45) is 11.1. The molecule has 4 aliphatic rings. The molecule has 3 amide bonds. The van der Waals surface area contributed by atoms with Crippen LogP contribution in [0, 0.1) is 11.8 Å². The van der Waals surface area contributed by atoms with Crippen LogP contribution >= 0.6 is 11.6 Å². The Kier molecular flexibility index (Phi) is 9.28. The summed E-state index contributed by atoms with van der Waals surface area (Å²) in [5, 5.41) is 9.81. The number of benzene rings is 2. The van der Waals surface area contributed by atoms with Crippen LogP contribution in [0.4, 0.5) is 11.4 Å². The van der Waals surface area contributed by atoms with Crippen molar-refractivity contribution in [2.75, 3.05) is 42.6 Å². The minimum Gasteiger partial charge on any atom is -0.494 e. The van der Waals surface area contributed by atoms with Crippen molar-refractivity contribution in [1.29, 1.82) is 0 Å². The first kappa shape index (κ1) is 32.3. The number of ether oxygens (including phenoxy) is 2. The number of rotatable bonds is 11. The topological polar surface area (TPSA) is 99.6 Å². The molecule has 6 rings (SSSR count). The van der Waals surface area contributed by atoms with Gasteiger partial charge in [-0.15, -0.1) is 0 Å². The molecule has 4 aliphatic heterocycles. The van der Waals surface area contributed by atoms with Crippen LogP contribution in [0.15, 0.2) is 72.8 Å². The molecule has 0 radical (unpaired) electrons. The number of nitrogens with zero attached hydrogens (tertiary/aromatic N) is 3. The second-order valence-corrected chi connectivity index (χ2v) is 12.8. The van der Waals surface area contributed by atoms with E-state index >= 15 is 0 Å². The predicted molar refractivity (Wildman–Crippen MR) is 177 cm³/mol. The standard InChI is InChI=1S/C36H42ClN3O6/c1-3-35-19-9-22-38(27-15-17-28(18-16-27)45-4-2)32(42)29(35)30-33(43)40(21-7-5-6-8-24-41)31-34(44)39(23-10-20-36(30,31)46-35)26-13-11-25(37)12-14-26/h9-20,29-31,41H,3-8,21-24H2,1-2H3/t29-,30+,31?,35+,36+/m1/s1. The van der Waals surface area contributed by atoms with E-state index in [0.717, 1.165) is 12.8 Å². The summed E-state index contributed by atoms with van der Waals surface area (Å²) in [7, 11) is 0. The Balaban J connectivity index is 1.41. The monoisotopic (exact) mass is 647 g/mol. The van der Waals surface area contributed by atoms with E-state index in [2.05, 4.69) is 0 Å². The number of carbonyl (C=O) groups is 3. The molecule has 0 saturated carbocycles. The maximum atomic E-state index is 14.7. The molecule has 1 spiro atoms. The van der Waals surface area contributed by atoms with Gasteiger partial charge in [-0.25, -0.2) is 0 Å². The Morgan fingerprint density at radius 2 is 1.46 bits per heavy atom. The van der Waals surface area contributed by atoms with Crippen LogP contribution in [0.2, 0.25) is 5.02 Å². The van der Waals surface area contributed by atoms with Crippen LogP contribution in [-0.4, -0.2) is 77.8 Å². The Hall–Kier alpha value is -3.66. The molecule has 10 heteroatoms. The molecule has 2 aromatic carbocycles. The number of aliphatic hydroxyl groups excluding tert-OH is 1. The summed E-state index contributed by atoms with van der Waals surface area (Å²) in [5.74, 6) is -1.70. The van der Waals surface area contributed by atoms with E-state index in [9.17, 15) is 19.5 Å². The van der Waals surface area contributed by atoms with Crippen molar-refractivity contribution in [3.05, 3.63) is 77.9 Å². The lowest BCUT2D eigenvalue weighted by Gasteiger charge is -2.38. The van der Waals surface area contributed by atoms with Crippen LogP contribution in [0.5, 0.6) is 5.75 Å². The normalized spacial score (nSPS) is 28.7. The number of hydrogen-bond acceptors (Lipinski definition) is 6. The van der Waals surface area contributed by atoms with Crippen molar-refractivity contribution >= 4 is 40.7 Å². The number of aliphatic hydroxyl groups is 1. The van der Waals surface area contributed by atoms with Gasteiger partial charge in [-0.2, -0.15) is 0 Å². The van der Waals surface area contributed by atoms with Gasteiger partial charge in [0.05, 0.1) is 24.0 Å². The van der Waals surface area contributed by atoms with Crippen molar-refractivity contribution in [3.63, 3.8) is 0 Å². The lowest BCUT2D eigenvalue weighted by atomic mass is 9.73. The fourth-order valence-corrected chi connectivity index (χ4v) is 7.85. The summed E-state index contributed by atoms with van der Waals surface area (Å²) < 4.78 is 12.7. The fraction of sp³-hybridized carbons (Fsp3) is 0.472. The Labute approximate surface area is 275 Å². The zero-order chi connectivity index (χ0) is 32.5. The zero-order valence-electron chi connectivity index (χ0n) is 26.4. The van der Waals surface area contributed by atoms with E-state index in [1.165, 1.54) is 0 Å².